The number of carbonyl (C=O) groups excluding carboxylic acids is 3. The van der Waals surface area contributed by atoms with Crippen molar-refractivity contribution in [1.29, 1.82) is 0 Å². The molecule has 1 aliphatic heterocycles. The zero-order chi connectivity index (χ0) is 24.2. The van der Waals surface area contributed by atoms with Crippen LogP contribution >= 0.6 is 0 Å². The number of aromatic nitrogens is 1. The highest BCUT2D eigenvalue weighted by Gasteiger charge is 2.29. The predicted octanol–water partition coefficient (Wildman–Crippen LogP) is 4.58. The lowest BCUT2D eigenvalue weighted by molar-refractivity contribution is -0.149. The fourth-order valence-corrected chi connectivity index (χ4v) is 4.34. The van der Waals surface area contributed by atoms with Gasteiger partial charge in [0.05, 0.1) is 29.3 Å². The molecule has 2 aromatic carbocycles. The highest BCUT2D eigenvalue weighted by atomic mass is 16.5. The van der Waals surface area contributed by atoms with Gasteiger partial charge in [0.2, 0.25) is 5.91 Å². The van der Waals surface area contributed by atoms with Gasteiger partial charge in [-0.15, -0.1) is 0 Å². The van der Waals surface area contributed by atoms with E-state index in [4.69, 9.17) is 9.72 Å². The average molecular weight is 460 g/mol. The second-order valence-corrected chi connectivity index (χ2v) is 8.65. The van der Waals surface area contributed by atoms with E-state index < -0.39 is 0 Å². The third-order valence-electron chi connectivity index (χ3n) is 6.10. The number of piperidine rings is 1. The van der Waals surface area contributed by atoms with Crippen LogP contribution in [-0.2, 0) is 14.3 Å². The predicted molar refractivity (Wildman–Crippen MR) is 131 cm³/mol. The van der Waals surface area contributed by atoms with Crippen LogP contribution in [0.5, 0.6) is 0 Å². The Labute approximate surface area is 199 Å². The maximum Gasteiger partial charge on any atom is 0.309 e. The van der Waals surface area contributed by atoms with Crippen LogP contribution in [0, 0.1) is 12.8 Å². The normalized spacial score (nSPS) is 14.1. The van der Waals surface area contributed by atoms with Gasteiger partial charge in [0, 0.05) is 36.7 Å². The van der Waals surface area contributed by atoms with Gasteiger partial charge in [0.25, 0.3) is 5.91 Å². The topological polar surface area (TPSA) is 88.6 Å². The number of carbonyl (C=O) groups is 3. The van der Waals surface area contributed by atoms with Gasteiger partial charge in [-0.1, -0.05) is 23.8 Å². The van der Waals surface area contributed by atoms with Crippen molar-refractivity contribution in [2.75, 3.05) is 25.0 Å². The lowest BCUT2D eigenvalue weighted by atomic mass is 9.95. The van der Waals surface area contributed by atoms with E-state index in [1.165, 1.54) is 6.92 Å². The van der Waals surface area contributed by atoms with Crippen LogP contribution in [0.2, 0.25) is 0 Å². The molecular formula is C27H29N3O4. The van der Waals surface area contributed by atoms with Crippen LogP contribution in [0.4, 0.5) is 5.69 Å². The molecule has 0 bridgehead atoms. The van der Waals surface area contributed by atoms with E-state index in [1.807, 2.05) is 60.4 Å². The average Bonchev–Trinajstić information content (AvgIpc) is 2.83. The Bertz CT molecular complexity index is 1230. The number of benzene rings is 2. The number of aryl methyl sites for hydroxylation is 1. The third-order valence-corrected chi connectivity index (χ3v) is 6.10. The highest BCUT2D eigenvalue weighted by molar-refractivity contribution is 6.07. The summed E-state index contributed by atoms with van der Waals surface area (Å²) >= 11 is 0. The zero-order valence-corrected chi connectivity index (χ0v) is 19.8. The summed E-state index contributed by atoms with van der Waals surface area (Å²) in [4.78, 5) is 43.6. The Hall–Kier alpha value is -3.74. The second-order valence-electron chi connectivity index (χ2n) is 8.65. The first-order chi connectivity index (χ1) is 16.4. The van der Waals surface area contributed by atoms with E-state index in [0.29, 0.717) is 49.5 Å². The largest absolute Gasteiger partial charge is 0.466 e. The molecule has 4 rings (SSSR count). The van der Waals surface area contributed by atoms with E-state index in [-0.39, 0.29) is 23.7 Å². The first kappa shape index (κ1) is 23.4. The number of esters is 1. The smallest absolute Gasteiger partial charge is 0.309 e. The van der Waals surface area contributed by atoms with Crippen LogP contribution in [0.25, 0.3) is 22.2 Å². The number of likely N-dealkylation sites (tertiary alicyclic amines) is 1. The van der Waals surface area contributed by atoms with Crippen molar-refractivity contribution >= 4 is 34.4 Å². The molecule has 2 amide bonds. The molecule has 0 saturated carbocycles. The van der Waals surface area contributed by atoms with Crippen LogP contribution in [0.15, 0.2) is 48.5 Å². The number of nitrogens with one attached hydrogen (secondary N) is 1. The van der Waals surface area contributed by atoms with Crippen LogP contribution < -0.4 is 5.32 Å². The van der Waals surface area contributed by atoms with Crippen molar-refractivity contribution in [3.8, 4) is 11.3 Å². The van der Waals surface area contributed by atoms with Crippen LogP contribution in [-0.4, -0.2) is 47.4 Å². The molecule has 2 heterocycles. The highest BCUT2D eigenvalue weighted by Crippen LogP contribution is 2.29. The molecule has 0 atom stereocenters. The molecule has 1 saturated heterocycles. The maximum absolute atomic E-state index is 13.6. The van der Waals surface area contributed by atoms with Gasteiger partial charge in [-0.2, -0.15) is 0 Å². The summed E-state index contributed by atoms with van der Waals surface area (Å²) in [5.74, 6) is -0.523. The summed E-state index contributed by atoms with van der Waals surface area (Å²) in [7, 11) is 0. The molecule has 0 radical (unpaired) electrons. The fourth-order valence-electron chi connectivity index (χ4n) is 4.34. The summed E-state index contributed by atoms with van der Waals surface area (Å²) in [5, 5.41) is 3.57. The lowest BCUT2D eigenvalue weighted by Gasteiger charge is -2.31. The molecular weight excluding hydrogens is 430 g/mol. The molecule has 34 heavy (non-hydrogen) atoms. The molecule has 3 aromatic rings. The van der Waals surface area contributed by atoms with E-state index >= 15 is 0 Å². The Morgan fingerprint density at radius 3 is 2.41 bits per heavy atom. The Kier molecular flexibility index (Phi) is 6.91. The van der Waals surface area contributed by atoms with Crippen LogP contribution in [0.3, 0.4) is 0 Å². The van der Waals surface area contributed by atoms with Gasteiger partial charge >= 0.3 is 5.97 Å². The number of ether oxygens (including phenoxy) is 1. The quantitative estimate of drug-likeness (QED) is 0.564. The standard InChI is InChI=1S/C27H29N3O4/c1-4-34-27(33)20-11-13-30(14-12-20)26(32)23-16-25(29-24-10-5-17(2)15-22(23)24)19-6-8-21(9-7-19)28-18(3)31/h5-10,15-16,20H,4,11-14H2,1-3H3,(H,28,31). The van der Waals surface area contributed by atoms with Crippen molar-refractivity contribution in [2.45, 2.75) is 33.6 Å². The molecule has 7 heteroatoms. The van der Waals surface area contributed by atoms with Crippen molar-refractivity contribution in [2.24, 2.45) is 5.92 Å². The van der Waals surface area contributed by atoms with Gasteiger partial charge in [-0.25, -0.2) is 4.98 Å². The number of hydrogen-bond acceptors (Lipinski definition) is 5. The molecule has 0 unspecified atom stereocenters. The summed E-state index contributed by atoms with van der Waals surface area (Å²) in [6.45, 7) is 6.66. The molecule has 0 spiro atoms. The number of rotatable bonds is 5. The van der Waals surface area contributed by atoms with E-state index in [9.17, 15) is 14.4 Å². The van der Waals surface area contributed by atoms with Crippen molar-refractivity contribution < 1.29 is 19.1 Å². The molecule has 1 aromatic heterocycles. The summed E-state index contributed by atoms with van der Waals surface area (Å²) in [5.41, 5.74) is 4.65. The van der Waals surface area contributed by atoms with Gasteiger partial charge in [0.1, 0.15) is 0 Å². The third kappa shape index (κ3) is 5.09. The van der Waals surface area contributed by atoms with E-state index in [2.05, 4.69) is 5.32 Å². The lowest BCUT2D eigenvalue weighted by Crippen LogP contribution is -2.40. The fraction of sp³-hybridized carbons (Fsp3) is 0.333. The van der Waals surface area contributed by atoms with E-state index in [0.717, 1.165) is 22.0 Å². The van der Waals surface area contributed by atoms with Crippen molar-refractivity contribution in [3.05, 3.63) is 59.7 Å². The minimum atomic E-state index is -0.176. The molecule has 1 N–H and O–H groups in total. The minimum Gasteiger partial charge on any atom is -0.466 e. The number of amides is 2. The molecule has 176 valence electrons. The Morgan fingerprint density at radius 2 is 1.76 bits per heavy atom. The monoisotopic (exact) mass is 459 g/mol. The van der Waals surface area contributed by atoms with Crippen molar-refractivity contribution in [1.82, 2.24) is 9.88 Å². The number of hydrogen-bond donors (Lipinski definition) is 1. The molecule has 7 nitrogen and oxygen atoms in total. The van der Waals surface area contributed by atoms with Gasteiger partial charge in [0.15, 0.2) is 0 Å². The maximum atomic E-state index is 13.6. The number of pyridine rings is 1. The SMILES string of the molecule is CCOC(=O)C1CCN(C(=O)c2cc(-c3ccc(NC(C)=O)cc3)nc3ccc(C)cc23)CC1. The zero-order valence-electron chi connectivity index (χ0n) is 19.8. The van der Waals surface area contributed by atoms with E-state index in [1.54, 1.807) is 6.92 Å². The van der Waals surface area contributed by atoms with Gasteiger partial charge < -0.3 is 15.0 Å². The number of fused-ring (bicyclic) bond motifs is 1. The van der Waals surface area contributed by atoms with Crippen LogP contribution in [0.1, 0.15) is 42.6 Å². The van der Waals surface area contributed by atoms with Gasteiger partial charge in [-0.3, -0.25) is 14.4 Å². The number of nitrogens with zero attached hydrogens (tertiary/aromatic N) is 2. The minimum absolute atomic E-state index is 0.0589. The van der Waals surface area contributed by atoms with Gasteiger partial charge in [-0.05, 0) is 57.0 Å². The Morgan fingerprint density at radius 1 is 1.06 bits per heavy atom. The first-order valence-corrected chi connectivity index (χ1v) is 11.6. The second kappa shape index (κ2) is 10.0. The molecule has 1 aliphatic rings. The first-order valence-electron chi connectivity index (χ1n) is 11.6. The molecule has 0 aliphatic carbocycles. The Balaban J connectivity index is 1.65. The van der Waals surface area contributed by atoms with Crippen molar-refractivity contribution in [3.63, 3.8) is 0 Å². The summed E-state index contributed by atoms with van der Waals surface area (Å²) < 4.78 is 5.15. The summed E-state index contributed by atoms with van der Waals surface area (Å²) in [6.07, 6.45) is 1.20. The number of anilines is 1. The molecule has 1 fully saturated rings. The summed E-state index contributed by atoms with van der Waals surface area (Å²) in [6, 6.07) is 15.2.